The number of hydrogen-bond acceptors (Lipinski definition) is 5. The fraction of sp³-hybridized carbons (Fsp3) is 0.450. The van der Waals surface area contributed by atoms with Gasteiger partial charge in [0.2, 0.25) is 5.95 Å². The molecular formula is C20H26Cl2N6O. The van der Waals surface area contributed by atoms with E-state index in [1.54, 1.807) is 18.2 Å². The number of aromatic nitrogens is 2. The van der Waals surface area contributed by atoms with Gasteiger partial charge < -0.3 is 20.9 Å². The standard InChI is InChI=1S/C20H26Cl2N6O/c1-12-11-23-19(27-18(12)28(2)3)24-14-5-7-15(8-6-14)25-20(29)26-17-9-4-13(21)10-16(17)22/h4,9-11,14-15H,5-8H2,1-3H3,(H,23,24,27)(H2,25,26,29)/t14-,15+. The van der Waals surface area contributed by atoms with Gasteiger partial charge in [-0.1, -0.05) is 23.2 Å². The number of halogens is 2. The zero-order valence-electron chi connectivity index (χ0n) is 16.8. The molecule has 1 heterocycles. The van der Waals surface area contributed by atoms with Crippen LogP contribution in [-0.4, -0.2) is 42.2 Å². The molecule has 2 amide bonds. The lowest BCUT2D eigenvalue weighted by molar-refractivity contribution is 0.243. The van der Waals surface area contributed by atoms with E-state index >= 15 is 0 Å². The van der Waals surface area contributed by atoms with E-state index in [1.807, 2.05) is 32.1 Å². The third-order valence-electron chi connectivity index (χ3n) is 4.94. The summed E-state index contributed by atoms with van der Waals surface area (Å²) in [5, 5.41) is 10.2. The number of benzene rings is 1. The average Bonchev–Trinajstić information content (AvgIpc) is 2.67. The Labute approximate surface area is 181 Å². The van der Waals surface area contributed by atoms with Crippen molar-refractivity contribution in [2.24, 2.45) is 0 Å². The first-order chi connectivity index (χ1) is 13.8. The molecule has 29 heavy (non-hydrogen) atoms. The summed E-state index contributed by atoms with van der Waals surface area (Å²) >= 11 is 12.0. The highest BCUT2D eigenvalue weighted by atomic mass is 35.5. The van der Waals surface area contributed by atoms with Gasteiger partial charge in [-0.25, -0.2) is 9.78 Å². The molecule has 1 fully saturated rings. The number of urea groups is 1. The molecule has 0 saturated heterocycles. The van der Waals surface area contributed by atoms with Gasteiger partial charge in [-0.2, -0.15) is 4.98 Å². The molecule has 0 radical (unpaired) electrons. The van der Waals surface area contributed by atoms with E-state index in [0.29, 0.717) is 27.7 Å². The van der Waals surface area contributed by atoms with Crippen LogP contribution in [0.25, 0.3) is 0 Å². The van der Waals surface area contributed by atoms with E-state index in [0.717, 1.165) is 37.1 Å². The summed E-state index contributed by atoms with van der Waals surface area (Å²) in [4.78, 5) is 23.2. The van der Waals surface area contributed by atoms with Crippen LogP contribution >= 0.6 is 23.2 Å². The number of amides is 2. The summed E-state index contributed by atoms with van der Waals surface area (Å²) in [5.41, 5.74) is 1.58. The van der Waals surface area contributed by atoms with Crippen molar-refractivity contribution in [2.75, 3.05) is 29.6 Å². The van der Waals surface area contributed by atoms with Gasteiger partial charge in [0, 0.05) is 43.0 Å². The minimum atomic E-state index is -0.261. The molecular weight excluding hydrogens is 411 g/mol. The molecule has 0 unspecified atom stereocenters. The summed E-state index contributed by atoms with van der Waals surface area (Å²) in [7, 11) is 3.94. The number of aryl methyl sites for hydroxylation is 1. The zero-order chi connectivity index (χ0) is 21.0. The Morgan fingerprint density at radius 1 is 1.14 bits per heavy atom. The molecule has 1 aromatic carbocycles. The maximum absolute atomic E-state index is 12.3. The summed E-state index contributed by atoms with van der Waals surface area (Å²) in [6.07, 6.45) is 5.46. The van der Waals surface area contributed by atoms with Gasteiger partial charge in [0.15, 0.2) is 0 Å². The molecule has 9 heteroatoms. The maximum Gasteiger partial charge on any atom is 0.319 e. The normalized spacial score (nSPS) is 18.8. The molecule has 3 N–H and O–H groups in total. The quantitative estimate of drug-likeness (QED) is 0.632. The highest BCUT2D eigenvalue weighted by Crippen LogP contribution is 2.26. The van der Waals surface area contributed by atoms with E-state index in [1.165, 1.54) is 0 Å². The second-order valence-electron chi connectivity index (χ2n) is 7.51. The van der Waals surface area contributed by atoms with Crippen LogP contribution < -0.4 is 20.9 Å². The van der Waals surface area contributed by atoms with Crippen LogP contribution in [0, 0.1) is 6.92 Å². The van der Waals surface area contributed by atoms with Gasteiger partial charge in [0.25, 0.3) is 0 Å². The fourth-order valence-corrected chi connectivity index (χ4v) is 3.91. The molecule has 156 valence electrons. The number of rotatable bonds is 5. The molecule has 3 rings (SSSR count). The van der Waals surface area contributed by atoms with Gasteiger partial charge in [0.05, 0.1) is 10.7 Å². The lowest BCUT2D eigenvalue weighted by atomic mass is 9.91. The van der Waals surface area contributed by atoms with Crippen LogP contribution in [-0.2, 0) is 0 Å². The highest BCUT2D eigenvalue weighted by molar-refractivity contribution is 6.36. The number of carbonyl (C=O) groups is 1. The monoisotopic (exact) mass is 436 g/mol. The van der Waals surface area contributed by atoms with E-state index in [2.05, 4.69) is 25.9 Å². The first-order valence-corrected chi connectivity index (χ1v) is 10.4. The zero-order valence-corrected chi connectivity index (χ0v) is 18.3. The molecule has 0 bridgehead atoms. The second kappa shape index (κ2) is 9.50. The minimum Gasteiger partial charge on any atom is -0.362 e. The molecule has 1 aliphatic carbocycles. The van der Waals surface area contributed by atoms with Crippen molar-refractivity contribution in [1.82, 2.24) is 15.3 Å². The molecule has 2 aromatic rings. The van der Waals surface area contributed by atoms with Crippen molar-refractivity contribution in [3.05, 3.63) is 40.0 Å². The largest absolute Gasteiger partial charge is 0.362 e. The Balaban J connectivity index is 1.48. The van der Waals surface area contributed by atoms with E-state index < -0.39 is 0 Å². The van der Waals surface area contributed by atoms with Gasteiger partial charge in [-0.15, -0.1) is 0 Å². The highest BCUT2D eigenvalue weighted by Gasteiger charge is 2.23. The Morgan fingerprint density at radius 3 is 2.48 bits per heavy atom. The number of anilines is 3. The van der Waals surface area contributed by atoms with Gasteiger partial charge in [-0.3, -0.25) is 0 Å². The van der Waals surface area contributed by atoms with Crippen LogP contribution in [0.1, 0.15) is 31.2 Å². The number of nitrogens with one attached hydrogen (secondary N) is 3. The topological polar surface area (TPSA) is 82.2 Å². The Morgan fingerprint density at radius 2 is 1.83 bits per heavy atom. The molecule has 1 aliphatic rings. The van der Waals surface area contributed by atoms with Crippen molar-refractivity contribution in [3.8, 4) is 0 Å². The fourth-order valence-electron chi connectivity index (χ4n) is 3.45. The number of carbonyl (C=O) groups excluding carboxylic acids is 1. The van der Waals surface area contributed by atoms with Crippen molar-refractivity contribution >= 4 is 46.7 Å². The van der Waals surface area contributed by atoms with Gasteiger partial charge in [0.1, 0.15) is 5.82 Å². The molecule has 7 nitrogen and oxygen atoms in total. The second-order valence-corrected chi connectivity index (χ2v) is 8.35. The summed E-state index contributed by atoms with van der Waals surface area (Å²) in [6.45, 7) is 2.00. The number of nitrogens with zero attached hydrogens (tertiary/aromatic N) is 3. The summed E-state index contributed by atoms with van der Waals surface area (Å²) in [6, 6.07) is 5.13. The third-order valence-corrected chi connectivity index (χ3v) is 5.49. The van der Waals surface area contributed by atoms with Crippen LogP contribution in [0.3, 0.4) is 0 Å². The Bertz CT molecular complexity index is 868. The molecule has 0 spiro atoms. The SMILES string of the molecule is Cc1cnc(N[C@H]2CC[C@@H](NC(=O)Nc3ccc(Cl)cc3Cl)CC2)nc1N(C)C. The number of hydrogen-bond donors (Lipinski definition) is 3. The Hall–Kier alpha value is -2.25. The Kier molecular flexibility index (Phi) is 7.03. The van der Waals surface area contributed by atoms with E-state index in [9.17, 15) is 4.79 Å². The van der Waals surface area contributed by atoms with E-state index in [-0.39, 0.29) is 12.1 Å². The molecule has 0 aliphatic heterocycles. The van der Waals surface area contributed by atoms with Gasteiger partial charge >= 0.3 is 6.03 Å². The van der Waals surface area contributed by atoms with Crippen molar-refractivity contribution in [2.45, 2.75) is 44.7 Å². The minimum absolute atomic E-state index is 0.121. The predicted octanol–water partition coefficient (Wildman–Crippen LogP) is 4.70. The van der Waals surface area contributed by atoms with Gasteiger partial charge in [-0.05, 0) is 50.8 Å². The average molecular weight is 437 g/mol. The van der Waals surface area contributed by atoms with Crippen LogP contribution in [0.15, 0.2) is 24.4 Å². The lowest BCUT2D eigenvalue weighted by Gasteiger charge is -2.30. The summed E-state index contributed by atoms with van der Waals surface area (Å²) < 4.78 is 0. The van der Waals surface area contributed by atoms with Crippen molar-refractivity contribution in [1.29, 1.82) is 0 Å². The maximum atomic E-state index is 12.3. The first-order valence-electron chi connectivity index (χ1n) is 9.62. The van der Waals surface area contributed by atoms with Crippen LogP contribution in [0.4, 0.5) is 22.2 Å². The van der Waals surface area contributed by atoms with Crippen LogP contribution in [0.5, 0.6) is 0 Å². The molecule has 0 atom stereocenters. The van der Waals surface area contributed by atoms with E-state index in [4.69, 9.17) is 23.2 Å². The smallest absolute Gasteiger partial charge is 0.319 e. The lowest BCUT2D eigenvalue weighted by Crippen LogP contribution is -2.42. The first kappa shape index (κ1) is 21.5. The van der Waals surface area contributed by atoms with Crippen LogP contribution in [0.2, 0.25) is 10.0 Å². The third kappa shape index (κ3) is 5.87. The van der Waals surface area contributed by atoms with Crippen molar-refractivity contribution in [3.63, 3.8) is 0 Å². The summed E-state index contributed by atoms with van der Waals surface area (Å²) in [5.74, 6) is 1.56. The van der Waals surface area contributed by atoms with Crippen molar-refractivity contribution < 1.29 is 4.79 Å². The predicted molar refractivity (Wildman–Crippen MR) is 119 cm³/mol. The molecule has 1 aromatic heterocycles. The molecule has 1 saturated carbocycles.